The minimum Gasteiger partial charge on any atom is -0.496 e. The van der Waals surface area contributed by atoms with E-state index < -0.39 is 45.7 Å². The van der Waals surface area contributed by atoms with Gasteiger partial charge in [-0.3, -0.25) is 0 Å². The van der Waals surface area contributed by atoms with Gasteiger partial charge in [0, 0.05) is 6.42 Å². The Labute approximate surface area is 259 Å². The molecule has 1 N–H and O–H groups in total. The number of methoxy groups -OCH3 is 1. The molecule has 3 aromatic rings. The van der Waals surface area contributed by atoms with Gasteiger partial charge in [-0.15, -0.1) is 13.2 Å². The second kappa shape index (κ2) is 12.9. The Kier molecular flexibility index (Phi) is 10.4. The summed E-state index contributed by atoms with van der Waals surface area (Å²) in [6.07, 6.45) is -12.4. The Morgan fingerprint density at radius 1 is 0.814 bits per heavy atom. The summed E-state index contributed by atoms with van der Waals surface area (Å²) in [6, 6.07) is 16.4. The molecule has 5 nitrogen and oxygen atoms in total. The highest BCUT2D eigenvalue weighted by molar-refractivity contribution is 6.68. The van der Waals surface area contributed by atoms with E-state index in [4.69, 9.17) is 44.3 Å². The second-order valence-corrected chi connectivity index (χ2v) is 12.3. The first kappa shape index (κ1) is 34.5. The van der Waals surface area contributed by atoms with Crippen LogP contribution in [0.5, 0.6) is 11.5 Å². The Hall–Kier alpha value is -3.02. The number of nitrogens with one attached hydrogen (secondary N) is 1. The second-order valence-electron chi connectivity index (χ2n) is 9.98. The molecule has 0 aliphatic heterocycles. The first-order valence-corrected chi connectivity index (χ1v) is 13.6. The summed E-state index contributed by atoms with van der Waals surface area (Å²) in [4.78, 5) is 13.5. The number of rotatable bonds is 9. The zero-order valence-corrected chi connectivity index (χ0v) is 25.1. The quantitative estimate of drug-likeness (QED) is 0.182. The lowest BCUT2D eigenvalue weighted by Gasteiger charge is -2.39. The van der Waals surface area contributed by atoms with E-state index in [0.717, 1.165) is 12.1 Å². The first-order valence-electron chi connectivity index (χ1n) is 12.5. The van der Waals surface area contributed by atoms with Crippen LogP contribution >= 0.6 is 34.8 Å². The number of halogens is 9. The lowest BCUT2D eigenvalue weighted by Crippen LogP contribution is -2.52. The van der Waals surface area contributed by atoms with E-state index in [1.54, 1.807) is 24.3 Å². The van der Waals surface area contributed by atoms with Crippen LogP contribution < -0.4 is 14.8 Å². The van der Waals surface area contributed by atoms with Gasteiger partial charge in [0.25, 0.3) is 0 Å². The molecule has 43 heavy (non-hydrogen) atoms. The van der Waals surface area contributed by atoms with Crippen LogP contribution in [0.15, 0.2) is 72.8 Å². The first-order chi connectivity index (χ1) is 19.7. The van der Waals surface area contributed by atoms with Gasteiger partial charge in [0.2, 0.25) is 3.79 Å². The molecule has 1 unspecified atom stereocenters. The summed E-state index contributed by atoms with van der Waals surface area (Å²) in [6.45, 7) is 2.62. The molecule has 0 aliphatic carbocycles. The molecule has 1 amide bonds. The molecule has 0 saturated heterocycles. The fourth-order valence-electron chi connectivity index (χ4n) is 4.32. The lowest BCUT2D eigenvalue weighted by atomic mass is 9.77. The van der Waals surface area contributed by atoms with Crippen molar-refractivity contribution in [1.29, 1.82) is 0 Å². The van der Waals surface area contributed by atoms with Gasteiger partial charge in [-0.2, -0.15) is 13.2 Å². The predicted molar refractivity (Wildman–Crippen MR) is 151 cm³/mol. The maximum absolute atomic E-state index is 13.5. The molecule has 0 bridgehead atoms. The number of alkyl carbamates (subject to hydrolysis) is 1. The zero-order valence-electron chi connectivity index (χ0n) is 22.9. The van der Waals surface area contributed by atoms with Gasteiger partial charge in [0.05, 0.1) is 19.1 Å². The van der Waals surface area contributed by atoms with Gasteiger partial charge in [-0.25, -0.2) is 4.79 Å². The largest absolute Gasteiger partial charge is 0.573 e. The van der Waals surface area contributed by atoms with Crippen LogP contribution in [0.4, 0.5) is 31.1 Å². The molecule has 0 fully saturated rings. The molecular weight excluding hydrogens is 647 g/mol. The molecule has 0 saturated carbocycles. The predicted octanol–water partition coefficient (Wildman–Crippen LogP) is 9.06. The van der Waals surface area contributed by atoms with E-state index in [2.05, 4.69) is 10.1 Å². The fraction of sp³-hybridized carbons (Fsp3) is 0.345. The summed E-state index contributed by atoms with van der Waals surface area (Å²) in [5.41, 5.74) is -3.25. The van der Waals surface area contributed by atoms with Crippen LogP contribution in [0.2, 0.25) is 0 Å². The van der Waals surface area contributed by atoms with Crippen molar-refractivity contribution in [2.24, 2.45) is 0 Å². The van der Waals surface area contributed by atoms with Gasteiger partial charge in [-0.1, -0.05) is 89.4 Å². The highest BCUT2D eigenvalue weighted by atomic mass is 35.6. The van der Waals surface area contributed by atoms with Gasteiger partial charge < -0.3 is 19.5 Å². The molecule has 0 aromatic heterocycles. The van der Waals surface area contributed by atoms with Crippen LogP contribution in [-0.2, 0) is 23.1 Å². The van der Waals surface area contributed by atoms with Crippen LogP contribution in [-0.4, -0.2) is 35.1 Å². The Morgan fingerprint density at radius 3 is 2.00 bits per heavy atom. The number of amides is 1. The van der Waals surface area contributed by atoms with Crippen LogP contribution in [0.3, 0.4) is 0 Å². The van der Waals surface area contributed by atoms with Crippen LogP contribution in [0, 0.1) is 0 Å². The topological polar surface area (TPSA) is 56.8 Å². The minimum atomic E-state index is -5.06. The zero-order chi connectivity index (χ0) is 32.3. The number of alkyl halides is 9. The minimum absolute atomic E-state index is 0.00737. The maximum atomic E-state index is 13.5. The highest BCUT2D eigenvalue weighted by Crippen LogP contribution is 2.42. The molecule has 14 heteroatoms. The molecule has 3 rings (SSSR count). The van der Waals surface area contributed by atoms with Crippen molar-refractivity contribution in [2.45, 2.75) is 54.2 Å². The van der Waals surface area contributed by atoms with Crippen LogP contribution in [0.25, 0.3) is 0 Å². The molecule has 1 atom stereocenters. The van der Waals surface area contributed by atoms with Crippen LogP contribution in [0.1, 0.15) is 36.1 Å². The number of para-hydroxylation sites is 1. The van der Waals surface area contributed by atoms with Gasteiger partial charge in [0.1, 0.15) is 11.5 Å². The van der Waals surface area contributed by atoms with Crippen molar-refractivity contribution in [3.63, 3.8) is 0 Å². The maximum Gasteiger partial charge on any atom is 0.573 e. The van der Waals surface area contributed by atoms with Crippen molar-refractivity contribution in [3.8, 4) is 11.5 Å². The van der Waals surface area contributed by atoms with Crippen molar-refractivity contribution in [2.75, 3.05) is 7.11 Å². The van der Waals surface area contributed by atoms with Gasteiger partial charge in [0.15, 0.2) is 5.60 Å². The number of hydrogen-bond acceptors (Lipinski definition) is 4. The van der Waals surface area contributed by atoms with E-state index in [0.29, 0.717) is 11.3 Å². The SMILES string of the molecule is COc1ccccc1CC(NC(=O)OC(C)(C)C(Cl)(Cl)Cl)(c1cccc(CC(F)(F)F)c1)c1cccc(OC(F)(F)F)c1. The monoisotopic (exact) mass is 671 g/mol. The molecule has 0 radical (unpaired) electrons. The Balaban J connectivity index is 2.32. The van der Waals surface area contributed by atoms with Crippen molar-refractivity contribution in [3.05, 3.63) is 95.1 Å². The third-order valence-corrected chi connectivity index (χ3v) is 7.74. The molecule has 0 aliphatic rings. The van der Waals surface area contributed by atoms with E-state index >= 15 is 0 Å². The molecular formula is C29H26Cl3F6NO4. The lowest BCUT2D eigenvalue weighted by molar-refractivity contribution is -0.274. The third kappa shape index (κ3) is 9.23. The van der Waals surface area contributed by atoms with E-state index in [9.17, 15) is 31.1 Å². The van der Waals surface area contributed by atoms with E-state index in [1.807, 2.05) is 0 Å². The van der Waals surface area contributed by atoms with E-state index in [-0.39, 0.29) is 23.1 Å². The number of benzene rings is 3. The number of hydrogen-bond donors (Lipinski definition) is 1. The standard InChI is InChI=1S/C29H26Cl3F6NO4/c1-25(2,28(30,31)32)43-24(40)39-26(17-19-9-4-5-13-23(19)41-3,20-10-6-8-18(14-20)16-27(33,34)35)21-11-7-12-22(15-21)42-29(36,37)38/h4-15H,16-17H2,1-3H3,(H,39,40). The average Bonchev–Trinajstić information content (AvgIpc) is 2.86. The van der Waals surface area contributed by atoms with E-state index in [1.165, 1.54) is 57.4 Å². The molecule has 0 spiro atoms. The average molecular weight is 673 g/mol. The van der Waals surface area contributed by atoms with Crippen molar-refractivity contribution in [1.82, 2.24) is 5.32 Å². The Morgan fingerprint density at radius 2 is 1.42 bits per heavy atom. The van der Waals surface area contributed by atoms with Crippen molar-refractivity contribution >= 4 is 40.9 Å². The summed E-state index contributed by atoms with van der Waals surface area (Å²) < 4.78 is 92.6. The highest BCUT2D eigenvalue weighted by Gasteiger charge is 2.46. The third-order valence-electron chi connectivity index (χ3n) is 6.38. The normalized spacial score (nSPS) is 14.0. The number of carbonyl (C=O) groups excluding carboxylic acids is 1. The summed E-state index contributed by atoms with van der Waals surface area (Å²) in [7, 11) is 1.38. The van der Waals surface area contributed by atoms with Gasteiger partial charge >= 0.3 is 18.6 Å². The Bertz CT molecular complexity index is 1360. The summed E-state index contributed by atoms with van der Waals surface area (Å²) >= 11 is 18.0. The molecule has 3 aromatic carbocycles. The fourth-order valence-corrected chi connectivity index (χ4v) is 4.44. The molecule has 234 valence electrons. The summed E-state index contributed by atoms with van der Waals surface area (Å²) in [5.74, 6) is -0.310. The molecule has 0 heterocycles. The summed E-state index contributed by atoms with van der Waals surface area (Å²) in [5, 5.41) is 2.66. The smallest absolute Gasteiger partial charge is 0.496 e. The number of ether oxygens (including phenoxy) is 3. The van der Waals surface area contributed by atoms with Crippen molar-refractivity contribution < 1.29 is 45.3 Å². The number of carbonyl (C=O) groups is 1. The van der Waals surface area contributed by atoms with Gasteiger partial charge in [-0.05, 0) is 54.3 Å².